The molecule has 5 heteroatoms. The molecule has 0 saturated carbocycles. The van der Waals surface area contributed by atoms with Gasteiger partial charge in [0, 0.05) is 38.2 Å². The molecule has 0 unspecified atom stereocenters. The van der Waals surface area contributed by atoms with Crippen LogP contribution >= 0.6 is 11.6 Å². The van der Waals surface area contributed by atoms with Gasteiger partial charge in [-0.05, 0) is 72.8 Å². The number of aromatic amines is 2. The number of benzene rings is 1. The number of fused-ring (bicyclic) bond motifs is 8. The van der Waals surface area contributed by atoms with Crippen LogP contribution in [0.15, 0.2) is 66.7 Å². The number of nitrogens with one attached hydrogen (secondary N) is 2. The van der Waals surface area contributed by atoms with E-state index in [0.29, 0.717) is 5.02 Å². The van der Waals surface area contributed by atoms with Gasteiger partial charge in [-0.1, -0.05) is 29.8 Å². The van der Waals surface area contributed by atoms with E-state index >= 15 is 0 Å². The fourth-order valence-electron chi connectivity index (χ4n) is 3.95. The third-order valence-corrected chi connectivity index (χ3v) is 5.69. The van der Waals surface area contributed by atoms with Crippen LogP contribution in [0.3, 0.4) is 0 Å². The molecule has 1 aromatic carbocycles. The predicted molar refractivity (Wildman–Crippen MR) is 129 cm³/mol. The highest BCUT2D eigenvalue weighted by Gasteiger charge is 2.15. The Labute approximate surface area is 183 Å². The van der Waals surface area contributed by atoms with Crippen molar-refractivity contribution in [2.45, 2.75) is 0 Å². The molecule has 2 aliphatic heterocycles. The number of aromatic nitrogens is 4. The number of H-pyrrole nitrogens is 2. The quantitative estimate of drug-likeness (QED) is 0.301. The first-order chi connectivity index (χ1) is 15.2. The van der Waals surface area contributed by atoms with Gasteiger partial charge in [0.2, 0.25) is 0 Å². The molecule has 3 aromatic heterocycles. The van der Waals surface area contributed by atoms with Crippen LogP contribution in [-0.2, 0) is 0 Å². The molecule has 31 heavy (non-hydrogen) atoms. The van der Waals surface area contributed by atoms with Crippen LogP contribution in [0.4, 0.5) is 0 Å². The van der Waals surface area contributed by atoms with Crippen LogP contribution in [0.2, 0.25) is 5.02 Å². The van der Waals surface area contributed by atoms with E-state index in [-0.39, 0.29) is 0 Å². The maximum atomic E-state index is 6.58. The lowest BCUT2D eigenvalue weighted by Gasteiger charge is -2.06. The smallest absolute Gasteiger partial charge is 0.0738 e. The highest BCUT2D eigenvalue weighted by atomic mass is 35.5. The Kier molecular flexibility index (Phi) is 4.11. The Morgan fingerprint density at radius 2 is 1.10 bits per heavy atom. The van der Waals surface area contributed by atoms with Crippen LogP contribution in [-0.4, -0.2) is 19.9 Å². The van der Waals surface area contributed by atoms with Crippen molar-refractivity contribution in [1.29, 1.82) is 0 Å². The van der Waals surface area contributed by atoms with Crippen molar-refractivity contribution in [1.82, 2.24) is 19.9 Å². The van der Waals surface area contributed by atoms with E-state index in [1.165, 1.54) is 0 Å². The van der Waals surface area contributed by atoms with E-state index in [0.717, 1.165) is 56.0 Å². The van der Waals surface area contributed by atoms with Gasteiger partial charge in [0.15, 0.2) is 0 Å². The topological polar surface area (TPSA) is 57.4 Å². The van der Waals surface area contributed by atoms with E-state index in [2.05, 4.69) is 40.3 Å². The van der Waals surface area contributed by atoms with E-state index in [4.69, 9.17) is 21.6 Å². The summed E-state index contributed by atoms with van der Waals surface area (Å²) in [5, 5.41) is 0.674. The average molecular weight is 421 g/mol. The Morgan fingerprint density at radius 3 is 1.65 bits per heavy atom. The Balaban J connectivity index is 1.74. The fourth-order valence-corrected chi connectivity index (χ4v) is 4.18. The summed E-state index contributed by atoms with van der Waals surface area (Å²) in [6.45, 7) is 0. The van der Waals surface area contributed by atoms with Crippen molar-refractivity contribution in [2.75, 3.05) is 0 Å². The summed E-state index contributed by atoms with van der Waals surface area (Å²) >= 11 is 6.58. The van der Waals surface area contributed by atoms with Crippen LogP contribution in [0.5, 0.6) is 0 Å². The first kappa shape index (κ1) is 17.9. The predicted octanol–water partition coefficient (Wildman–Crippen LogP) is 6.98. The van der Waals surface area contributed by atoms with Crippen molar-refractivity contribution in [3.05, 3.63) is 94.5 Å². The molecule has 0 spiro atoms. The standard InChI is InChI=1S/C26H17ClN4/c27-23-4-2-1-3-22(23)26-24-11-9-20(30-24)14-18-7-5-16(28-18)13-17-6-8-19(29-17)15-21-10-12-25(26)31-21/h1-15,28-29H. The lowest BCUT2D eigenvalue weighted by atomic mass is 10.0. The second kappa shape index (κ2) is 7.11. The van der Waals surface area contributed by atoms with Crippen LogP contribution < -0.4 is 0 Å². The molecular formula is C26H17ClN4. The monoisotopic (exact) mass is 420 g/mol. The Hall–Kier alpha value is -3.89. The minimum Gasteiger partial charge on any atom is -0.355 e. The summed E-state index contributed by atoms with van der Waals surface area (Å²) in [4.78, 5) is 16.6. The van der Waals surface area contributed by atoms with Crippen molar-refractivity contribution in [2.24, 2.45) is 0 Å². The molecular weight excluding hydrogens is 404 g/mol. The van der Waals surface area contributed by atoms with Gasteiger partial charge in [0.05, 0.1) is 22.8 Å². The van der Waals surface area contributed by atoms with Gasteiger partial charge in [0.1, 0.15) is 0 Å². The highest BCUT2D eigenvalue weighted by Crippen LogP contribution is 2.35. The maximum absolute atomic E-state index is 6.58. The van der Waals surface area contributed by atoms with E-state index < -0.39 is 0 Å². The first-order valence-electron chi connectivity index (χ1n) is 10.0. The van der Waals surface area contributed by atoms with Gasteiger partial charge in [0.25, 0.3) is 0 Å². The number of rotatable bonds is 1. The summed E-state index contributed by atoms with van der Waals surface area (Å²) in [6, 6.07) is 22.2. The molecule has 5 heterocycles. The van der Waals surface area contributed by atoms with Crippen molar-refractivity contribution >= 4 is 58.0 Å². The zero-order valence-electron chi connectivity index (χ0n) is 16.4. The lowest BCUT2D eigenvalue weighted by Crippen LogP contribution is -1.89. The molecule has 4 nitrogen and oxygen atoms in total. The lowest BCUT2D eigenvalue weighted by molar-refractivity contribution is 1.28. The highest BCUT2D eigenvalue weighted by molar-refractivity contribution is 6.33. The molecule has 0 fully saturated rings. The average Bonchev–Trinajstić information content (AvgIpc) is 3.55. The third-order valence-electron chi connectivity index (χ3n) is 5.36. The fraction of sp³-hybridized carbons (Fsp3) is 0. The number of hydrogen-bond donors (Lipinski definition) is 2. The Morgan fingerprint density at radius 1 is 0.581 bits per heavy atom. The van der Waals surface area contributed by atoms with Gasteiger partial charge in [-0.2, -0.15) is 0 Å². The van der Waals surface area contributed by atoms with E-state index in [1.807, 2.05) is 60.7 Å². The van der Waals surface area contributed by atoms with Crippen LogP contribution in [0.1, 0.15) is 22.8 Å². The van der Waals surface area contributed by atoms with Crippen molar-refractivity contribution in [3.63, 3.8) is 0 Å². The zero-order chi connectivity index (χ0) is 20.8. The molecule has 0 atom stereocenters. The van der Waals surface area contributed by atoms with Crippen molar-refractivity contribution < 1.29 is 0 Å². The molecule has 0 radical (unpaired) electrons. The van der Waals surface area contributed by atoms with E-state index in [9.17, 15) is 0 Å². The molecule has 148 valence electrons. The molecule has 0 amide bonds. The van der Waals surface area contributed by atoms with Crippen LogP contribution in [0.25, 0.3) is 57.5 Å². The molecule has 8 bridgehead atoms. The zero-order valence-corrected chi connectivity index (χ0v) is 17.2. The van der Waals surface area contributed by atoms with Gasteiger partial charge in [-0.15, -0.1) is 0 Å². The summed E-state index contributed by atoms with van der Waals surface area (Å²) in [7, 11) is 0. The summed E-state index contributed by atoms with van der Waals surface area (Å²) in [6.07, 6.45) is 8.07. The minimum atomic E-state index is 0.674. The molecule has 2 N–H and O–H groups in total. The first-order valence-corrected chi connectivity index (χ1v) is 10.4. The molecule has 0 aliphatic carbocycles. The van der Waals surface area contributed by atoms with Crippen LogP contribution in [0, 0.1) is 0 Å². The Bertz CT molecular complexity index is 1460. The largest absolute Gasteiger partial charge is 0.355 e. The molecule has 4 aromatic rings. The number of halogens is 1. The summed E-state index contributed by atoms with van der Waals surface area (Å²) in [5.74, 6) is 0. The SMILES string of the molecule is Clc1ccccc1-c1c2nc(cc3ccc(cc4ccc(cc5nc1C=C5)[nH]4)[nH]3)C=C2. The summed E-state index contributed by atoms with van der Waals surface area (Å²) < 4.78 is 0. The molecule has 2 aliphatic rings. The summed E-state index contributed by atoms with van der Waals surface area (Å²) in [5.41, 5.74) is 9.31. The van der Waals surface area contributed by atoms with Gasteiger partial charge in [-0.25, -0.2) is 9.97 Å². The maximum Gasteiger partial charge on any atom is 0.0738 e. The van der Waals surface area contributed by atoms with Gasteiger partial charge < -0.3 is 9.97 Å². The number of hydrogen-bond acceptors (Lipinski definition) is 2. The third kappa shape index (κ3) is 3.37. The molecule has 0 saturated heterocycles. The van der Waals surface area contributed by atoms with Crippen molar-refractivity contribution in [3.8, 4) is 11.1 Å². The molecule has 6 rings (SSSR count). The van der Waals surface area contributed by atoms with Gasteiger partial charge >= 0.3 is 0 Å². The number of nitrogens with zero attached hydrogens (tertiary/aromatic N) is 2. The van der Waals surface area contributed by atoms with E-state index in [1.54, 1.807) is 0 Å². The second-order valence-corrected chi connectivity index (χ2v) is 7.94. The van der Waals surface area contributed by atoms with Gasteiger partial charge in [-0.3, -0.25) is 0 Å². The minimum absolute atomic E-state index is 0.674. The second-order valence-electron chi connectivity index (χ2n) is 7.54. The normalized spacial score (nSPS) is 12.4.